The van der Waals surface area contributed by atoms with E-state index in [-0.39, 0.29) is 17.8 Å². The van der Waals surface area contributed by atoms with Gasteiger partial charge in [-0.1, -0.05) is 48.2 Å². The van der Waals surface area contributed by atoms with Gasteiger partial charge in [0.25, 0.3) is 0 Å². The van der Waals surface area contributed by atoms with Crippen LogP contribution in [-0.2, 0) is 16.1 Å². The summed E-state index contributed by atoms with van der Waals surface area (Å²) in [6.07, 6.45) is 4.19. The van der Waals surface area contributed by atoms with Crippen molar-refractivity contribution in [3.8, 4) is 11.4 Å². The van der Waals surface area contributed by atoms with Crippen molar-refractivity contribution in [2.45, 2.75) is 30.6 Å². The largest absolute Gasteiger partial charge is 0.376 e. The number of nitrogens with one attached hydrogen (secondary N) is 2. The number of anilines is 1. The number of carbonyl (C=O) groups is 1. The quantitative estimate of drug-likeness (QED) is 0.424. The lowest BCUT2D eigenvalue weighted by molar-refractivity contribution is -0.113. The van der Waals surface area contributed by atoms with Gasteiger partial charge in [0.05, 0.1) is 18.4 Å². The molecule has 1 saturated heterocycles. The van der Waals surface area contributed by atoms with Crippen LogP contribution in [0.5, 0.6) is 0 Å². The van der Waals surface area contributed by atoms with Gasteiger partial charge in [-0.2, -0.15) is 0 Å². The van der Waals surface area contributed by atoms with Gasteiger partial charge in [-0.25, -0.2) is 0 Å². The number of nitrogens with zero attached hydrogens (tertiary/aromatic N) is 3. The Kier molecular flexibility index (Phi) is 5.73. The third-order valence-corrected chi connectivity index (χ3v) is 6.31. The summed E-state index contributed by atoms with van der Waals surface area (Å²) >= 11 is 1.39. The van der Waals surface area contributed by atoms with E-state index in [1.807, 2.05) is 54.7 Å². The normalized spacial score (nSPS) is 16.1. The Morgan fingerprint density at radius 1 is 1.16 bits per heavy atom. The van der Waals surface area contributed by atoms with Gasteiger partial charge < -0.3 is 15.0 Å². The second-order valence-electron chi connectivity index (χ2n) is 7.50. The fourth-order valence-electron chi connectivity index (χ4n) is 3.86. The van der Waals surface area contributed by atoms with E-state index in [9.17, 15) is 4.79 Å². The van der Waals surface area contributed by atoms with E-state index in [1.54, 1.807) is 0 Å². The van der Waals surface area contributed by atoms with Gasteiger partial charge in [-0.15, -0.1) is 10.2 Å². The minimum Gasteiger partial charge on any atom is -0.376 e. The van der Waals surface area contributed by atoms with Crippen LogP contribution in [0.25, 0.3) is 22.3 Å². The van der Waals surface area contributed by atoms with Crippen LogP contribution < -0.4 is 5.32 Å². The molecular weight excluding hydrogens is 410 g/mol. The maximum Gasteiger partial charge on any atom is 0.234 e. The fourth-order valence-corrected chi connectivity index (χ4v) is 4.60. The molecule has 3 heterocycles. The molecule has 2 N–H and O–H groups in total. The van der Waals surface area contributed by atoms with E-state index in [0.29, 0.717) is 6.54 Å². The SMILES string of the molecule is O=C(CSc1nnc(-c2c[nH]c3ccccc23)n1C[C@H]1CCCO1)Nc1ccccc1. The summed E-state index contributed by atoms with van der Waals surface area (Å²) in [4.78, 5) is 15.7. The average molecular weight is 434 g/mol. The van der Waals surface area contributed by atoms with Gasteiger partial charge in [0.2, 0.25) is 5.91 Å². The maximum atomic E-state index is 12.4. The molecule has 7 nitrogen and oxygen atoms in total. The second kappa shape index (κ2) is 8.95. The third-order valence-electron chi connectivity index (χ3n) is 5.35. The van der Waals surface area contributed by atoms with E-state index in [4.69, 9.17) is 4.74 Å². The zero-order valence-corrected chi connectivity index (χ0v) is 17.8. The molecule has 0 saturated carbocycles. The van der Waals surface area contributed by atoms with Gasteiger partial charge in [0, 0.05) is 35.0 Å². The first-order chi connectivity index (χ1) is 15.3. The maximum absolute atomic E-state index is 12.4. The van der Waals surface area contributed by atoms with Crippen LogP contribution in [-0.4, -0.2) is 44.1 Å². The zero-order valence-electron chi connectivity index (χ0n) is 17.0. The van der Waals surface area contributed by atoms with E-state index in [0.717, 1.165) is 52.6 Å². The molecule has 1 aliphatic rings. The molecule has 0 spiro atoms. The Labute approximate surface area is 184 Å². The number of aromatic amines is 1. The van der Waals surface area contributed by atoms with E-state index in [2.05, 4.69) is 31.1 Å². The summed E-state index contributed by atoms with van der Waals surface area (Å²) in [6.45, 7) is 1.46. The summed E-state index contributed by atoms with van der Waals surface area (Å²) in [5.74, 6) is 0.974. The monoisotopic (exact) mass is 433 g/mol. The van der Waals surface area contributed by atoms with Crippen LogP contribution in [0, 0.1) is 0 Å². The molecule has 0 radical (unpaired) electrons. The molecule has 1 aliphatic heterocycles. The first kappa shape index (κ1) is 19.8. The molecule has 5 rings (SSSR count). The number of H-pyrrole nitrogens is 1. The summed E-state index contributed by atoms with van der Waals surface area (Å²) < 4.78 is 7.96. The number of benzene rings is 2. The lowest BCUT2D eigenvalue weighted by Crippen LogP contribution is -2.18. The van der Waals surface area contributed by atoms with Crippen LogP contribution >= 0.6 is 11.8 Å². The smallest absolute Gasteiger partial charge is 0.234 e. The average Bonchev–Trinajstić information content (AvgIpc) is 3.53. The van der Waals surface area contributed by atoms with Gasteiger partial charge in [-0.3, -0.25) is 9.36 Å². The number of hydrogen-bond acceptors (Lipinski definition) is 5. The number of thioether (sulfide) groups is 1. The van der Waals surface area contributed by atoms with E-state index in [1.165, 1.54) is 11.8 Å². The van der Waals surface area contributed by atoms with Crippen LogP contribution in [0.2, 0.25) is 0 Å². The topological polar surface area (TPSA) is 84.8 Å². The molecule has 1 fully saturated rings. The molecule has 0 unspecified atom stereocenters. The molecule has 1 atom stereocenters. The third kappa shape index (κ3) is 4.35. The van der Waals surface area contributed by atoms with Crippen LogP contribution in [0.1, 0.15) is 12.8 Å². The summed E-state index contributed by atoms with van der Waals surface area (Å²) in [5, 5.41) is 13.7. The number of amides is 1. The highest BCUT2D eigenvalue weighted by Gasteiger charge is 2.23. The van der Waals surface area contributed by atoms with E-state index >= 15 is 0 Å². The van der Waals surface area contributed by atoms with Crippen LogP contribution in [0.3, 0.4) is 0 Å². The summed E-state index contributed by atoms with van der Waals surface area (Å²) in [5.41, 5.74) is 2.84. The molecule has 158 valence electrons. The lowest BCUT2D eigenvalue weighted by Gasteiger charge is -2.14. The minimum absolute atomic E-state index is 0.0727. The molecule has 4 aromatic rings. The highest BCUT2D eigenvalue weighted by Crippen LogP contribution is 2.31. The van der Waals surface area contributed by atoms with Gasteiger partial charge in [0.1, 0.15) is 0 Å². The van der Waals surface area contributed by atoms with Gasteiger partial charge >= 0.3 is 0 Å². The van der Waals surface area contributed by atoms with Crippen molar-refractivity contribution in [2.24, 2.45) is 0 Å². The second-order valence-corrected chi connectivity index (χ2v) is 8.45. The van der Waals surface area contributed by atoms with Gasteiger partial charge in [-0.05, 0) is 31.0 Å². The zero-order chi connectivity index (χ0) is 21.0. The molecule has 0 aliphatic carbocycles. The van der Waals surface area contributed by atoms with Crippen molar-refractivity contribution in [1.29, 1.82) is 0 Å². The van der Waals surface area contributed by atoms with Crippen molar-refractivity contribution in [3.63, 3.8) is 0 Å². The number of hydrogen-bond donors (Lipinski definition) is 2. The Bertz CT molecular complexity index is 1180. The Balaban J connectivity index is 1.39. The fraction of sp³-hybridized carbons (Fsp3) is 0.261. The molecule has 0 bridgehead atoms. The predicted octanol–water partition coefficient (Wildman–Crippen LogP) is 4.34. The molecule has 8 heteroatoms. The van der Waals surface area contributed by atoms with Crippen molar-refractivity contribution < 1.29 is 9.53 Å². The first-order valence-electron chi connectivity index (χ1n) is 10.4. The van der Waals surface area contributed by atoms with E-state index < -0.39 is 0 Å². The van der Waals surface area contributed by atoms with Crippen molar-refractivity contribution in [3.05, 3.63) is 60.8 Å². The Hall–Kier alpha value is -3.10. The van der Waals surface area contributed by atoms with Gasteiger partial charge in [0.15, 0.2) is 11.0 Å². The number of carbonyl (C=O) groups excluding carboxylic acids is 1. The molecular formula is C23H23N5O2S. The lowest BCUT2D eigenvalue weighted by atomic mass is 10.1. The molecule has 31 heavy (non-hydrogen) atoms. The van der Waals surface area contributed by atoms with Crippen molar-refractivity contribution in [1.82, 2.24) is 19.7 Å². The molecule has 1 amide bonds. The summed E-state index contributed by atoms with van der Waals surface area (Å²) in [7, 11) is 0. The Morgan fingerprint density at radius 3 is 2.84 bits per heavy atom. The van der Waals surface area contributed by atoms with Crippen molar-refractivity contribution in [2.75, 3.05) is 17.7 Å². The van der Waals surface area contributed by atoms with Crippen LogP contribution in [0.15, 0.2) is 66.0 Å². The summed E-state index contributed by atoms with van der Waals surface area (Å²) in [6, 6.07) is 17.6. The standard InChI is InChI=1S/C23H23N5O2S/c29-21(25-16-7-2-1-3-8-16)15-31-23-27-26-22(28(23)14-17-9-6-12-30-17)19-13-24-20-11-5-4-10-18(19)20/h1-5,7-8,10-11,13,17,24H,6,9,12,14-15H2,(H,25,29)/t17-/m1/s1. The number of aromatic nitrogens is 4. The van der Waals surface area contributed by atoms with Crippen molar-refractivity contribution >= 4 is 34.3 Å². The number of rotatable bonds is 7. The minimum atomic E-state index is -0.0727. The number of ether oxygens (including phenoxy) is 1. The predicted molar refractivity (Wildman–Crippen MR) is 122 cm³/mol. The molecule has 2 aromatic carbocycles. The number of fused-ring (bicyclic) bond motifs is 1. The highest BCUT2D eigenvalue weighted by molar-refractivity contribution is 7.99. The van der Waals surface area contributed by atoms with Crippen LogP contribution in [0.4, 0.5) is 5.69 Å². The number of para-hydroxylation sites is 2. The molecule has 2 aromatic heterocycles. The first-order valence-corrected chi connectivity index (χ1v) is 11.4. The highest BCUT2D eigenvalue weighted by atomic mass is 32.2. The Morgan fingerprint density at radius 2 is 2.00 bits per heavy atom.